The van der Waals surface area contributed by atoms with Crippen molar-refractivity contribution in [3.63, 3.8) is 0 Å². The number of aromatic nitrogens is 3. The molecular formula is C51H43N3. The maximum absolute atomic E-state index is 8.77. The van der Waals surface area contributed by atoms with E-state index < -0.39 is 18.1 Å². The molecule has 0 unspecified atom stereocenters. The van der Waals surface area contributed by atoms with Gasteiger partial charge in [0.1, 0.15) is 0 Å². The molecule has 0 spiro atoms. The average Bonchev–Trinajstić information content (AvgIpc) is 3.26. The van der Waals surface area contributed by atoms with E-state index in [0.717, 1.165) is 38.6 Å². The second-order valence-corrected chi connectivity index (χ2v) is 15.6. The molecule has 1 aromatic heterocycles. The Hall–Kier alpha value is -6.19. The number of nitrogens with zero attached hydrogens (tertiary/aromatic N) is 3. The second-order valence-electron chi connectivity index (χ2n) is 15.6. The summed E-state index contributed by atoms with van der Waals surface area (Å²) < 4.78 is 42.5. The van der Waals surface area contributed by atoms with Crippen LogP contribution in [-0.4, -0.2) is 15.0 Å². The average molecular weight is 703 g/mol. The first-order valence-corrected chi connectivity index (χ1v) is 18.6. The van der Waals surface area contributed by atoms with Gasteiger partial charge < -0.3 is 0 Å². The molecule has 0 N–H and O–H groups in total. The second kappa shape index (κ2) is 13.3. The van der Waals surface area contributed by atoms with Crippen LogP contribution in [0.3, 0.4) is 0 Å². The summed E-state index contributed by atoms with van der Waals surface area (Å²) in [5, 5.41) is 1.92. The smallest absolute Gasteiger partial charge is 0.164 e. The van der Waals surface area contributed by atoms with E-state index in [4.69, 9.17) is 21.8 Å². The van der Waals surface area contributed by atoms with Gasteiger partial charge in [-0.15, -0.1) is 0 Å². The molecule has 1 aliphatic carbocycles. The van der Waals surface area contributed by atoms with E-state index in [0.29, 0.717) is 17.2 Å². The maximum Gasteiger partial charge on any atom is 0.164 e. The third-order valence-electron chi connectivity index (χ3n) is 11.2. The molecular weight excluding hydrogens is 655 g/mol. The van der Waals surface area contributed by atoms with E-state index in [2.05, 4.69) is 82.3 Å². The molecule has 0 atom stereocenters. The molecule has 0 amide bonds. The molecule has 0 radical (unpaired) electrons. The van der Waals surface area contributed by atoms with Gasteiger partial charge in [0, 0.05) is 16.7 Å². The fraction of sp³-hybridized carbons (Fsp3) is 0.157. The molecule has 262 valence electrons. The van der Waals surface area contributed by atoms with Crippen LogP contribution >= 0.6 is 0 Å². The zero-order valence-electron chi connectivity index (χ0n) is 36.0. The van der Waals surface area contributed by atoms with Crippen molar-refractivity contribution < 1.29 is 6.85 Å². The number of fused-ring (bicyclic) bond motifs is 2. The lowest BCUT2D eigenvalue weighted by molar-refractivity contribution is 0.332. The van der Waals surface area contributed by atoms with Gasteiger partial charge in [-0.1, -0.05) is 185 Å². The Kier molecular flexibility index (Phi) is 7.00. The van der Waals surface area contributed by atoms with E-state index >= 15 is 0 Å². The van der Waals surface area contributed by atoms with Crippen molar-refractivity contribution in [2.24, 2.45) is 0 Å². The first kappa shape index (κ1) is 28.3. The van der Waals surface area contributed by atoms with Gasteiger partial charge in [-0.3, -0.25) is 0 Å². The summed E-state index contributed by atoms with van der Waals surface area (Å²) >= 11 is 0. The standard InChI is InChI=1S/C51H43N3/c1-50(2)31-32-51(3,4)46-33-40(27-30-45(46)50)36-19-23-37(24-20-36)41-28-29-44(43-18-12-11-17-42(41)43)49-53-47(38-15-9-6-10-16-38)52-48(54-49)39-25-21-35(22-26-39)34-13-7-5-8-14-34/h5-30,33H,31-32H2,1-4H3/i6D,9D,10D,15D,16D. The van der Waals surface area contributed by atoms with Crippen LogP contribution < -0.4 is 0 Å². The number of hydrogen-bond acceptors (Lipinski definition) is 3. The largest absolute Gasteiger partial charge is 0.208 e. The Morgan fingerprint density at radius 1 is 0.407 bits per heavy atom. The normalized spacial score (nSPS) is 15.7. The minimum atomic E-state index is -0.472. The molecule has 7 aromatic carbocycles. The molecule has 3 nitrogen and oxygen atoms in total. The highest BCUT2D eigenvalue weighted by Gasteiger charge is 2.37. The highest BCUT2D eigenvalue weighted by atomic mass is 15.0. The Bertz CT molecular complexity index is 2890. The first-order valence-electron chi connectivity index (χ1n) is 21.1. The molecule has 54 heavy (non-hydrogen) atoms. The van der Waals surface area contributed by atoms with Crippen LogP contribution in [0.25, 0.3) is 78.3 Å². The van der Waals surface area contributed by atoms with Gasteiger partial charge in [-0.25, -0.2) is 15.0 Å². The van der Waals surface area contributed by atoms with Gasteiger partial charge in [0.2, 0.25) is 0 Å². The quantitative estimate of drug-likeness (QED) is 0.173. The zero-order chi connectivity index (χ0) is 41.2. The van der Waals surface area contributed by atoms with Crippen LogP contribution in [0.1, 0.15) is 58.5 Å². The van der Waals surface area contributed by atoms with Gasteiger partial charge in [0.15, 0.2) is 17.5 Å². The molecule has 3 heteroatoms. The van der Waals surface area contributed by atoms with Crippen molar-refractivity contribution in [1.29, 1.82) is 0 Å². The monoisotopic (exact) mass is 702 g/mol. The van der Waals surface area contributed by atoms with Crippen LogP contribution in [0.5, 0.6) is 0 Å². The van der Waals surface area contributed by atoms with Crippen molar-refractivity contribution in [2.75, 3.05) is 0 Å². The minimum absolute atomic E-state index is 0.00649. The minimum Gasteiger partial charge on any atom is -0.208 e. The molecule has 1 aliphatic rings. The van der Waals surface area contributed by atoms with Crippen molar-refractivity contribution in [3.05, 3.63) is 175 Å². The summed E-state index contributed by atoms with van der Waals surface area (Å²) in [6.45, 7) is 9.44. The number of rotatable bonds is 6. The lowest BCUT2D eigenvalue weighted by atomic mass is 9.63. The fourth-order valence-electron chi connectivity index (χ4n) is 7.90. The Balaban J connectivity index is 1.15. The van der Waals surface area contributed by atoms with E-state index in [-0.39, 0.29) is 34.3 Å². The van der Waals surface area contributed by atoms with Gasteiger partial charge in [0.05, 0.1) is 6.85 Å². The van der Waals surface area contributed by atoms with E-state index in [1.54, 1.807) is 0 Å². The molecule has 0 saturated carbocycles. The van der Waals surface area contributed by atoms with Crippen molar-refractivity contribution in [1.82, 2.24) is 15.0 Å². The molecule has 0 fully saturated rings. The summed E-state index contributed by atoms with van der Waals surface area (Å²) in [6.07, 6.45) is 2.35. The summed E-state index contributed by atoms with van der Waals surface area (Å²) in [6, 6.07) is 43.8. The molecule has 0 aliphatic heterocycles. The van der Waals surface area contributed by atoms with Gasteiger partial charge >= 0.3 is 0 Å². The SMILES string of the molecule is [2H]c1c([2H])c([2H])c(-c2nc(-c3ccc(-c4ccccc4)cc3)nc(-c3ccc(-c4ccc(-c5ccc6c(c5)C(C)(C)CCC6(C)C)cc4)c4ccccc34)n2)c([2H])c1[2H]. The Morgan fingerprint density at radius 3 is 1.57 bits per heavy atom. The van der Waals surface area contributed by atoms with Gasteiger partial charge in [-0.05, 0) is 85.0 Å². The fourth-order valence-corrected chi connectivity index (χ4v) is 7.90. The topological polar surface area (TPSA) is 38.7 Å². The summed E-state index contributed by atoms with van der Waals surface area (Å²) in [4.78, 5) is 14.6. The molecule has 8 aromatic rings. The van der Waals surface area contributed by atoms with Crippen LogP contribution in [0, 0.1) is 0 Å². The molecule has 9 rings (SSSR count). The van der Waals surface area contributed by atoms with Crippen molar-refractivity contribution in [3.8, 4) is 67.5 Å². The highest BCUT2D eigenvalue weighted by Crippen LogP contribution is 2.47. The van der Waals surface area contributed by atoms with Crippen LogP contribution in [-0.2, 0) is 10.8 Å². The van der Waals surface area contributed by atoms with Crippen molar-refractivity contribution in [2.45, 2.75) is 51.4 Å². The predicted octanol–water partition coefficient (Wildman–Crippen LogP) is 13.4. The summed E-state index contributed by atoms with van der Waals surface area (Å²) in [7, 11) is 0. The van der Waals surface area contributed by atoms with Crippen LogP contribution in [0.4, 0.5) is 0 Å². The van der Waals surface area contributed by atoms with E-state index in [1.807, 2.05) is 78.9 Å². The highest BCUT2D eigenvalue weighted by molar-refractivity contribution is 6.04. The maximum atomic E-state index is 8.77. The third-order valence-corrected chi connectivity index (χ3v) is 11.2. The Labute approximate surface area is 325 Å². The Morgan fingerprint density at radius 2 is 0.889 bits per heavy atom. The number of benzene rings is 7. The van der Waals surface area contributed by atoms with Crippen LogP contribution in [0.2, 0.25) is 0 Å². The summed E-state index contributed by atoms with van der Waals surface area (Å²) in [5.41, 5.74) is 11.2. The first-order chi connectivity index (χ1) is 28.3. The molecule has 1 heterocycles. The predicted molar refractivity (Wildman–Crippen MR) is 225 cm³/mol. The summed E-state index contributed by atoms with van der Waals surface area (Å²) in [5.74, 6) is 0.668. The van der Waals surface area contributed by atoms with E-state index in [1.165, 1.54) is 35.1 Å². The molecule has 0 saturated heterocycles. The third kappa shape index (κ3) is 6.20. The lowest BCUT2D eigenvalue weighted by Gasteiger charge is -2.42. The van der Waals surface area contributed by atoms with Gasteiger partial charge in [-0.2, -0.15) is 0 Å². The van der Waals surface area contributed by atoms with Crippen molar-refractivity contribution >= 4 is 10.8 Å². The number of hydrogen-bond donors (Lipinski definition) is 0. The zero-order valence-corrected chi connectivity index (χ0v) is 31.0. The van der Waals surface area contributed by atoms with Crippen LogP contribution in [0.15, 0.2) is 164 Å². The lowest BCUT2D eigenvalue weighted by Crippen LogP contribution is -2.33. The molecule has 0 bridgehead atoms. The van der Waals surface area contributed by atoms with Gasteiger partial charge in [0.25, 0.3) is 0 Å². The van der Waals surface area contributed by atoms with E-state index in [9.17, 15) is 0 Å².